The molecule has 0 radical (unpaired) electrons. The lowest BCUT2D eigenvalue weighted by molar-refractivity contribution is 0.0683. The van der Waals surface area contributed by atoms with Gasteiger partial charge in [0, 0.05) is 27.7 Å². The van der Waals surface area contributed by atoms with E-state index in [0.29, 0.717) is 34.1 Å². The van der Waals surface area contributed by atoms with Crippen LogP contribution in [0, 0.1) is 0 Å². The molecule has 1 heterocycles. The van der Waals surface area contributed by atoms with Gasteiger partial charge in [-0.2, -0.15) is 0 Å². The zero-order valence-electron chi connectivity index (χ0n) is 11.0. The number of carbonyl (C=O) groups is 1. The Hall–Kier alpha value is -1.36. The summed E-state index contributed by atoms with van der Waals surface area (Å²) < 4.78 is 0. The molecule has 0 fully saturated rings. The minimum atomic E-state index is -1.21. The molecule has 0 amide bonds. The molecule has 0 unspecified atom stereocenters. The van der Waals surface area contributed by atoms with Gasteiger partial charge in [0.2, 0.25) is 5.82 Å². The predicted octanol–water partition coefficient (Wildman–Crippen LogP) is 4.29. The Morgan fingerprint density at radius 3 is 2.52 bits per heavy atom. The Kier molecular flexibility index (Phi) is 5.04. The summed E-state index contributed by atoms with van der Waals surface area (Å²) in [6.07, 6.45) is 0.959. The number of hydrogen-bond donors (Lipinski definition) is 1. The highest BCUT2D eigenvalue weighted by atomic mass is 35.5. The van der Waals surface area contributed by atoms with E-state index >= 15 is 0 Å². The van der Waals surface area contributed by atoms with Crippen LogP contribution < -0.4 is 0 Å². The molecule has 7 heteroatoms. The Morgan fingerprint density at radius 1 is 1.24 bits per heavy atom. The van der Waals surface area contributed by atoms with Gasteiger partial charge in [-0.3, -0.25) is 0 Å². The van der Waals surface area contributed by atoms with Crippen molar-refractivity contribution in [2.45, 2.75) is 19.8 Å². The standard InChI is InChI=1S/C14H11Cl3N2O2/c1-2-11-9(12(17)19-13(18-11)14(20)21)5-7-3-4-8(15)6-10(7)16/h3-4,6H,2,5H2,1H3,(H,20,21). The quantitative estimate of drug-likeness (QED) is 0.840. The van der Waals surface area contributed by atoms with Gasteiger partial charge in [0.15, 0.2) is 0 Å². The van der Waals surface area contributed by atoms with Crippen LogP contribution >= 0.6 is 34.8 Å². The molecule has 0 aliphatic carbocycles. The molecule has 2 rings (SSSR count). The molecule has 110 valence electrons. The van der Waals surface area contributed by atoms with E-state index in [9.17, 15) is 4.79 Å². The highest BCUT2D eigenvalue weighted by Crippen LogP contribution is 2.27. The van der Waals surface area contributed by atoms with E-state index in [0.717, 1.165) is 5.56 Å². The van der Waals surface area contributed by atoms with Crippen molar-refractivity contribution in [2.75, 3.05) is 0 Å². The van der Waals surface area contributed by atoms with Gasteiger partial charge in [-0.1, -0.05) is 47.8 Å². The zero-order chi connectivity index (χ0) is 15.6. The highest BCUT2D eigenvalue weighted by molar-refractivity contribution is 6.35. The van der Waals surface area contributed by atoms with E-state index < -0.39 is 5.97 Å². The summed E-state index contributed by atoms with van der Waals surface area (Å²) in [5, 5.41) is 10.2. The summed E-state index contributed by atoms with van der Waals surface area (Å²) >= 11 is 18.1. The summed E-state index contributed by atoms with van der Waals surface area (Å²) in [4.78, 5) is 18.8. The smallest absolute Gasteiger partial charge is 0.373 e. The number of aromatic nitrogens is 2. The number of benzene rings is 1. The van der Waals surface area contributed by atoms with Crippen molar-refractivity contribution < 1.29 is 9.90 Å². The molecule has 1 aromatic carbocycles. The van der Waals surface area contributed by atoms with Gasteiger partial charge in [-0.05, 0) is 24.1 Å². The monoisotopic (exact) mass is 344 g/mol. The number of aryl methyl sites for hydroxylation is 1. The van der Waals surface area contributed by atoms with Crippen molar-refractivity contribution in [3.8, 4) is 0 Å². The van der Waals surface area contributed by atoms with Crippen molar-refractivity contribution in [1.82, 2.24) is 9.97 Å². The molecule has 0 bridgehead atoms. The maximum absolute atomic E-state index is 11.0. The van der Waals surface area contributed by atoms with Crippen LogP contribution in [-0.4, -0.2) is 21.0 Å². The van der Waals surface area contributed by atoms with Crippen molar-refractivity contribution in [3.05, 3.63) is 56.0 Å². The number of aromatic carboxylic acids is 1. The largest absolute Gasteiger partial charge is 0.475 e. The van der Waals surface area contributed by atoms with E-state index in [1.807, 2.05) is 6.92 Å². The molecule has 0 aliphatic heterocycles. The van der Waals surface area contributed by atoms with Crippen LogP contribution in [0.1, 0.15) is 34.4 Å². The van der Waals surface area contributed by atoms with E-state index in [4.69, 9.17) is 39.9 Å². The zero-order valence-corrected chi connectivity index (χ0v) is 13.3. The first-order chi connectivity index (χ1) is 9.92. The van der Waals surface area contributed by atoms with Gasteiger partial charge in [-0.15, -0.1) is 0 Å². The van der Waals surface area contributed by atoms with E-state index in [2.05, 4.69) is 9.97 Å². The topological polar surface area (TPSA) is 63.1 Å². The van der Waals surface area contributed by atoms with Crippen molar-refractivity contribution in [3.63, 3.8) is 0 Å². The van der Waals surface area contributed by atoms with Crippen LogP contribution in [-0.2, 0) is 12.8 Å². The third kappa shape index (κ3) is 3.64. The average Bonchev–Trinajstić information content (AvgIpc) is 2.42. The van der Waals surface area contributed by atoms with Gasteiger partial charge < -0.3 is 5.11 Å². The number of halogens is 3. The molecular formula is C14H11Cl3N2O2. The van der Waals surface area contributed by atoms with Crippen LogP contribution in [0.25, 0.3) is 0 Å². The maximum Gasteiger partial charge on any atom is 0.373 e. The minimum absolute atomic E-state index is 0.130. The molecule has 1 aromatic heterocycles. The Labute approximate surface area is 136 Å². The molecule has 1 N–H and O–H groups in total. The lowest BCUT2D eigenvalue weighted by Gasteiger charge is -2.11. The van der Waals surface area contributed by atoms with Crippen molar-refractivity contribution in [1.29, 1.82) is 0 Å². The molecule has 0 spiro atoms. The third-order valence-corrected chi connectivity index (χ3v) is 3.85. The molecule has 21 heavy (non-hydrogen) atoms. The third-order valence-electron chi connectivity index (χ3n) is 2.95. The molecule has 0 atom stereocenters. The second-order valence-electron chi connectivity index (χ2n) is 4.33. The molecular weight excluding hydrogens is 335 g/mol. The summed E-state index contributed by atoms with van der Waals surface area (Å²) in [6.45, 7) is 1.87. The fourth-order valence-corrected chi connectivity index (χ4v) is 2.65. The first kappa shape index (κ1) is 16.0. The summed E-state index contributed by atoms with van der Waals surface area (Å²) in [5.41, 5.74) is 2.09. The summed E-state index contributed by atoms with van der Waals surface area (Å²) in [6, 6.07) is 5.17. The Balaban J connectivity index is 2.46. The van der Waals surface area contributed by atoms with Crippen LogP contribution in [0.4, 0.5) is 0 Å². The van der Waals surface area contributed by atoms with Crippen LogP contribution in [0.5, 0.6) is 0 Å². The first-order valence-electron chi connectivity index (χ1n) is 6.14. The van der Waals surface area contributed by atoms with E-state index in [-0.39, 0.29) is 11.0 Å². The normalized spacial score (nSPS) is 10.7. The summed E-state index contributed by atoms with van der Waals surface area (Å²) in [7, 11) is 0. The predicted molar refractivity (Wildman–Crippen MR) is 82.6 cm³/mol. The van der Waals surface area contributed by atoms with Crippen molar-refractivity contribution in [2.24, 2.45) is 0 Å². The van der Waals surface area contributed by atoms with E-state index in [1.54, 1.807) is 18.2 Å². The molecule has 0 aliphatic rings. The maximum atomic E-state index is 11.0. The second kappa shape index (κ2) is 6.60. The fraction of sp³-hybridized carbons (Fsp3) is 0.214. The average molecular weight is 346 g/mol. The van der Waals surface area contributed by atoms with Crippen LogP contribution in [0.3, 0.4) is 0 Å². The fourth-order valence-electron chi connectivity index (χ4n) is 1.92. The first-order valence-corrected chi connectivity index (χ1v) is 7.28. The van der Waals surface area contributed by atoms with Crippen LogP contribution in [0.2, 0.25) is 15.2 Å². The molecule has 4 nitrogen and oxygen atoms in total. The molecule has 2 aromatic rings. The highest BCUT2D eigenvalue weighted by Gasteiger charge is 2.17. The number of carboxylic acid groups (broad SMARTS) is 1. The molecule has 0 saturated heterocycles. The number of nitrogens with zero attached hydrogens (tertiary/aromatic N) is 2. The second-order valence-corrected chi connectivity index (χ2v) is 5.54. The Bertz CT molecular complexity index is 705. The number of rotatable bonds is 4. The van der Waals surface area contributed by atoms with Gasteiger partial charge >= 0.3 is 5.97 Å². The molecule has 0 saturated carbocycles. The van der Waals surface area contributed by atoms with Gasteiger partial charge in [0.1, 0.15) is 5.15 Å². The van der Waals surface area contributed by atoms with Gasteiger partial charge in [0.25, 0.3) is 0 Å². The van der Waals surface area contributed by atoms with E-state index in [1.165, 1.54) is 0 Å². The summed E-state index contributed by atoms with van der Waals surface area (Å²) in [5.74, 6) is -1.51. The minimum Gasteiger partial charge on any atom is -0.475 e. The van der Waals surface area contributed by atoms with Gasteiger partial charge in [0.05, 0.1) is 0 Å². The lowest BCUT2D eigenvalue weighted by atomic mass is 10.0. The number of hydrogen-bond acceptors (Lipinski definition) is 3. The number of carboxylic acids is 1. The van der Waals surface area contributed by atoms with Crippen LogP contribution in [0.15, 0.2) is 18.2 Å². The Morgan fingerprint density at radius 2 is 1.95 bits per heavy atom. The van der Waals surface area contributed by atoms with Gasteiger partial charge in [-0.25, -0.2) is 14.8 Å². The SMILES string of the molecule is CCc1nc(C(=O)O)nc(Cl)c1Cc1ccc(Cl)cc1Cl. The lowest BCUT2D eigenvalue weighted by Crippen LogP contribution is -2.10. The van der Waals surface area contributed by atoms with Crippen molar-refractivity contribution >= 4 is 40.8 Å².